The van der Waals surface area contributed by atoms with Gasteiger partial charge in [-0.2, -0.15) is 4.55 Å². The predicted molar refractivity (Wildman–Crippen MR) is 137 cm³/mol. The van der Waals surface area contributed by atoms with Crippen molar-refractivity contribution in [1.82, 2.24) is 9.88 Å². The molecule has 2 heterocycles. The Morgan fingerprint density at radius 2 is 1.79 bits per heavy atom. The van der Waals surface area contributed by atoms with Crippen LogP contribution in [0.2, 0.25) is 0 Å². The summed E-state index contributed by atoms with van der Waals surface area (Å²) in [5.74, 6) is 0.938. The van der Waals surface area contributed by atoms with Gasteiger partial charge in [0.2, 0.25) is 0 Å². The molecule has 2 atom stereocenters. The maximum atomic E-state index is 13.3. The van der Waals surface area contributed by atoms with E-state index < -0.39 is 11.2 Å². The largest absolute Gasteiger partial charge is 0.497 e. The van der Waals surface area contributed by atoms with Crippen molar-refractivity contribution in [2.24, 2.45) is 0 Å². The zero-order valence-corrected chi connectivity index (χ0v) is 20.4. The molecule has 4 aromatic rings. The van der Waals surface area contributed by atoms with E-state index in [1.165, 1.54) is 17.7 Å². The molecule has 1 aliphatic heterocycles. The molecule has 5 nitrogen and oxygen atoms in total. The lowest BCUT2D eigenvalue weighted by Gasteiger charge is -2.37. The number of nitrogens with one attached hydrogen (secondary N) is 1. The van der Waals surface area contributed by atoms with Gasteiger partial charge in [0.25, 0.3) is 5.17 Å². The Morgan fingerprint density at radius 1 is 1.09 bits per heavy atom. The summed E-state index contributed by atoms with van der Waals surface area (Å²) in [6, 6.07) is 19.6. The summed E-state index contributed by atoms with van der Waals surface area (Å²) in [7, 11) is 1.64. The summed E-state index contributed by atoms with van der Waals surface area (Å²) in [5, 5.41) is 1.44. The summed E-state index contributed by atoms with van der Waals surface area (Å²) in [6.07, 6.45) is 2.56. The van der Waals surface area contributed by atoms with Gasteiger partial charge in [-0.05, 0) is 78.3 Å². The highest BCUT2D eigenvalue weighted by atomic mass is 32.2. The average molecular weight is 496 g/mol. The molecule has 5 rings (SSSR count). The predicted octanol–water partition coefficient (Wildman–Crippen LogP) is 5.71. The SMILES string of the molecule is COc1ccc(C2c3[nH]c4ccc([S+](C)O)cc4c3CCN2C(=S)Oc2ccc(F)cc2)cc1. The maximum absolute atomic E-state index is 13.3. The first-order valence-electron chi connectivity index (χ1n) is 10.8. The van der Waals surface area contributed by atoms with Crippen LogP contribution in [0.15, 0.2) is 71.6 Å². The molecular formula is C26H24FN2O3S2+. The van der Waals surface area contributed by atoms with Gasteiger partial charge >= 0.3 is 0 Å². The monoisotopic (exact) mass is 495 g/mol. The number of fused-ring (bicyclic) bond motifs is 3. The molecule has 0 fully saturated rings. The molecule has 2 unspecified atom stereocenters. The molecule has 8 heteroatoms. The third kappa shape index (κ3) is 4.24. The normalized spacial score (nSPS) is 16.2. The number of aromatic amines is 1. The topological polar surface area (TPSA) is 57.7 Å². The maximum Gasteiger partial charge on any atom is 0.265 e. The number of benzene rings is 3. The Morgan fingerprint density at radius 3 is 2.47 bits per heavy atom. The summed E-state index contributed by atoms with van der Waals surface area (Å²) < 4.78 is 34.8. The number of thiocarbonyl (C=S) groups is 1. The second-order valence-corrected chi connectivity index (χ2v) is 9.92. The van der Waals surface area contributed by atoms with Crippen LogP contribution >= 0.6 is 12.2 Å². The molecule has 3 aromatic carbocycles. The number of methoxy groups -OCH3 is 1. The highest BCUT2D eigenvalue weighted by Gasteiger charge is 2.34. The third-order valence-corrected chi connectivity index (χ3v) is 7.38. The lowest BCUT2D eigenvalue weighted by molar-refractivity contribution is 0.289. The van der Waals surface area contributed by atoms with Gasteiger partial charge in [-0.1, -0.05) is 12.1 Å². The average Bonchev–Trinajstić information content (AvgIpc) is 3.23. The molecule has 1 aliphatic rings. The first-order chi connectivity index (χ1) is 16.4. The van der Waals surface area contributed by atoms with E-state index in [1.54, 1.807) is 25.5 Å². The van der Waals surface area contributed by atoms with Crippen molar-refractivity contribution in [2.75, 3.05) is 19.9 Å². The zero-order chi connectivity index (χ0) is 23.8. The molecule has 0 aliphatic carbocycles. The standard InChI is InChI=1S/C26H24FN2O3S2/c1-31-18-7-3-16(4-8-18)25-24-21(22-15-20(34(2)30)11-12-23(22)28-24)13-14-29(25)26(33)32-19-9-5-17(27)6-10-19/h3-12,15,25,28,30H,13-14H2,1-2H3/q+1. The van der Waals surface area contributed by atoms with Crippen LogP contribution in [0.1, 0.15) is 22.9 Å². The molecule has 174 valence electrons. The molecule has 0 amide bonds. The van der Waals surface area contributed by atoms with Crippen LogP contribution in [0.4, 0.5) is 4.39 Å². The van der Waals surface area contributed by atoms with E-state index in [0.29, 0.717) is 17.5 Å². The van der Waals surface area contributed by atoms with Crippen molar-refractivity contribution >= 4 is 39.5 Å². The second kappa shape index (κ2) is 9.29. The first kappa shape index (κ1) is 22.7. The molecule has 0 bridgehead atoms. The molecule has 0 spiro atoms. The van der Waals surface area contributed by atoms with Crippen molar-refractivity contribution in [2.45, 2.75) is 17.4 Å². The van der Waals surface area contributed by atoms with Gasteiger partial charge in [0.1, 0.15) is 23.6 Å². The van der Waals surface area contributed by atoms with E-state index in [1.807, 2.05) is 36.4 Å². The Kier molecular flexibility index (Phi) is 6.20. The molecule has 2 N–H and O–H groups in total. The fraction of sp³-hybridized carbons (Fsp3) is 0.192. The fourth-order valence-electron chi connectivity index (χ4n) is 4.44. The van der Waals surface area contributed by atoms with E-state index >= 15 is 0 Å². The van der Waals surface area contributed by atoms with Crippen LogP contribution in [0.3, 0.4) is 0 Å². The number of aromatic nitrogens is 1. The Labute approximate surface area is 205 Å². The number of H-pyrrole nitrogens is 1. The lowest BCUT2D eigenvalue weighted by Crippen LogP contribution is -2.42. The van der Waals surface area contributed by atoms with E-state index in [2.05, 4.69) is 16.0 Å². The van der Waals surface area contributed by atoms with E-state index in [4.69, 9.17) is 21.7 Å². The van der Waals surface area contributed by atoms with E-state index in [0.717, 1.165) is 39.2 Å². The van der Waals surface area contributed by atoms with E-state index in [-0.39, 0.29) is 11.9 Å². The van der Waals surface area contributed by atoms with Crippen molar-refractivity contribution in [3.8, 4) is 11.5 Å². The van der Waals surface area contributed by atoms with Crippen LogP contribution in [-0.4, -0.2) is 39.5 Å². The minimum absolute atomic E-state index is 0.201. The highest BCUT2D eigenvalue weighted by molar-refractivity contribution is 7.90. The molecule has 1 aromatic heterocycles. The second-order valence-electron chi connectivity index (χ2n) is 8.14. The van der Waals surface area contributed by atoms with Crippen LogP contribution in [0.5, 0.6) is 11.5 Å². The van der Waals surface area contributed by atoms with Crippen molar-refractivity contribution in [3.05, 3.63) is 89.4 Å². The Hall–Kier alpha value is -3.07. The minimum atomic E-state index is -0.813. The van der Waals surface area contributed by atoms with Gasteiger partial charge in [-0.15, -0.1) is 0 Å². The number of nitrogens with zero attached hydrogens (tertiary/aromatic N) is 1. The summed E-state index contributed by atoms with van der Waals surface area (Å²) in [4.78, 5) is 6.56. The van der Waals surface area contributed by atoms with Gasteiger partial charge in [-0.25, -0.2) is 4.39 Å². The molecular weight excluding hydrogens is 471 g/mol. The van der Waals surface area contributed by atoms with Gasteiger partial charge in [-0.3, -0.25) is 0 Å². The molecule has 34 heavy (non-hydrogen) atoms. The lowest BCUT2D eigenvalue weighted by atomic mass is 9.93. The van der Waals surface area contributed by atoms with Gasteiger partial charge < -0.3 is 19.4 Å². The quantitative estimate of drug-likeness (QED) is 0.281. The van der Waals surface area contributed by atoms with Crippen molar-refractivity contribution in [1.29, 1.82) is 0 Å². The molecule has 0 saturated heterocycles. The zero-order valence-electron chi connectivity index (χ0n) is 18.7. The van der Waals surface area contributed by atoms with Gasteiger partial charge in [0, 0.05) is 29.2 Å². The van der Waals surface area contributed by atoms with Crippen LogP contribution < -0.4 is 9.47 Å². The number of ether oxygens (including phenoxy) is 2. The minimum Gasteiger partial charge on any atom is -0.497 e. The number of hydrogen-bond donors (Lipinski definition) is 2. The van der Waals surface area contributed by atoms with Crippen LogP contribution in [0.25, 0.3) is 10.9 Å². The Balaban J connectivity index is 1.58. The smallest absolute Gasteiger partial charge is 0.265 e. The summed E-state index contributed by atoms with van der Waals surface area (Å²) in [6.45, 7) is 0.651. The molecule has 0 saturated carbocycles. The van der Waals surface area contributed by atoms with Gasteiger partial charge in [0.15, 0.2) is 16.1 Å². The first-order valence-corrected chi connectivity index (χ1v) is 12.8. The van der Waals surface area contributed by atoms with Gasteiger partial charge in [0.05, 0.1) is 13.2 Å². The summed E-state index contributed by atoms with van der Waals surface area (Å²) in [5.41, 5.74) is 4.31. The number of hydrogen-bond acceptors (Lipinski definition) is 4. The van der Waals surface area contributed by atoms with Crippen LogP contribution in [0, 0.1) is 5.82 Å². The number of rotatable bonds is 4. The van der Waals surface area contributed by atoms with Crippen molar-refractivity contribution < 1.29 is 18.4 Å². The van der Waals surface area contributed by atoms with Crippen molar-refractivity contribution in [3.63, 3.8) is 0 Å². The van der Waals surface area contributed by atoms with E-state index in [9.17, 15) is 8.94 Å². The highest BCUT2D eigenvalue weighted by Crippen LogP contribution is 2.40. The Bertz CT molecular complexity index is 1340. The fourth-order valence-corrected chi connectivity index (χ4v) is 5.29. The summed E-state index contributed by atoms with van der Waals surface area (Å²) >= 11 is 4.91. The van der Waals surface area contributed by atoms with Crippen LogP contribution in [-0.2, 0) is 17.6 Å². The third-order valence-electron chi connectivity index (χ3n) is 6.12. The molecule has 0 radical (unpaired) electrons. The number of halogens is 1.